The molecule has 4 nitrogen and oxygen atoms in total. The molecule has 0 spiro atoms. The van der Waals surface area contributed by atoms with Crippen LogP contribution >= 0.6 is 11.3 Å². The minimum absolute atomic E-state index is 0.0322. The molecule has 106 valence electrons. The molecule has 0 aromatic carbocycles. The number of carboxylic acids is 1. The third-order valence-corrected chi connectivity index (χ3v) is 4.86. The molecule has 0 bridgehead atoms. The van der Waals surface area contributed by atoms with E-state index in [4.69, 9.17) is 5.11 Å². The van der Waals surface area contributed by atoms with Crippen LogP contribution in [0.25, 0.3) is 0 Å². The second-order valence-electron chi connectivity index (χ2n) is 5.63. The number of hydrogen-bond acceptors (Lipinski definition) is 4. The van der Waals surface area contributed by atoms with E-state index in [0.29, 0.717) is 11.6 Å². The number of aromatic nitrogens is 1. The molecule has 2 heterocycles. The molecule has 1 N–H and O–H groups in total. The summed E-state index contributed by atoms with van der Waals surface area (Å²) >= 11 is 1.59. The third-order valence-electron chi connectivity index (χ3n) is 3.73. The molecular formula is C14H22N2O2S. The molecule has 1 fully saturated rings. The van der Waals surface area contributed by atoms with Gasteiger partial charge in [0.2, 0.25) is 0 Å². The average molecular weight is 282 g/mol. The molecule has 1 atom stereocenters. The molecule has 0 amide bonds. The van der Waals surface area contributed by atoms with Crippen molar-refractivity contribution in [2.75, 3.05) is 19.6 Å². The van der Waals surface area contributed by atoms with E-state index in [1.54, 1.807) is 11.3 Å². The van der Waals surface area contributed by atoms with Crippen molar-refractivity contribution in [2.24, 2.45) is 5.92 Å². The van der Waals surface area contributed by atoms with Gasteiger partial charge in [-0.2, -0.15) is 0 Å². The van der Waals surface area contributed by atoms with Crippen LogP contribution in [0.5, 0.6) is 0 Å². The fraction of sp³-hybridized carbons (Fsp3) is 0.714. The molecule has 1 unspecified atom stereocenters. The zero-order valence-electron chi connectivity index (χ0n) is 11.6. The van der Waals surface area contributed by atoms with Gasteiger partial charge in [0, 0.05) is 17.8 Å². The Balaban J connectivity index is 1.87. The second kappa shape index (κ2) is 6.48. The fourth-order valence-electron chi connectivity index (χ4n) is 2.50. The fourth-order valence-corrected chi connectivity index (χ4v) is 3.36. The molecule has 0 aliphatic carbocycles. The molecule has 19 heavy (non-hydrogen) atoms. The summed E-state index contributed by atoms with van der Waals surface area (Å²) in [6, 6.07) is 0. The Hall–Kier alpha value is -0.940. The molecule has 1 aliphatic heterocycles. The van der Waals surface area contributed by atoms with E-state index >= 15 is 0 Å². The minimum atomic E-state index is -0.811. The largest absolute Gasteiger partial charge is 0.481 e. The number of hydrogen-bond donors (Lipinski definition) is 1. The molecule has 1 aromatic rings. The van der Waals surface area contributed by atoms with Gasteiger partial charge in [0.05, 0.1) is 17.1 Å². The summed E-state index contributed by atoms with van der Waals surface area (Å²) in [6.07, 6.45) is 2.61. The predicted molar refractivity (Wildman–Crippen MR) is 76.7 cm³/mol. The summed E-state index contributed by atoms with van der Waals surface area (Å²) in [7, 11) is 0. The Morgan fingerprint density at radius 1 is 1.58 bits per heavy atom. The highest BCUT2D eigenvalue weighted by atomic mass is 32.1. The topological polar surface area (TPSA) is 53.4 Å². The Morgan fingerprint density at radius 3 is 2.89 bits per heavy atom. The average Bonchev–Trinajstić information content (AvgIpc) is 2.80. The second-order valence-corrected chi connectivity index (χ2v) is 6.52. The first-order valence-corrected chi connectivity index (χ1v) is 7.81. The number of nitrogens with zero attached hydrogens (tertiary/aromatic N) is 2. The van der Waals surface area contributed by atoms with Crippen molar-refractivity contribution in [3.63, 3.8) is 0 Å². The molecule has 1 saturated heterocycles. The summed E-state index contributed by atoms with van der Waals surface area (Å²) in [5.74, 6) is 0.434. The molecular weight excluding hydrogens is 260 g/mol. The minimum Gasteiger partial charge on any atom is -0.481 e. The lowest BCUT2D eigenvalue weighted by Crippen LogP contribution is -2.35. The van der Waals surface area contributed by atoms with Crippen LogP contribution in [-0.2, 0) is 11.2 Å². The van der Waals surface area contributed by atoms with Crippen molar-refractivity contribution in [3.05, 3.63) is 16.1 Å². The number of rotatable bonds is 5. The van der Waals surface area contributed by atoms with E-state index in [0.717, 1.165) is 17.5 Å². The van der Waals surface area contributed by atoms with Crippen molar-refractivity contribution >= 4 is 17.3 Å². The van der Waals surface area contributed by atoms with Crippen LogP contribution < -0.4 is 0 Å². The van der Waals surface area contributed by atoms with Crippen molar-refractivity contribution in [3.8, 4) is 0 Å². The molecule has 0 saturated carbocycles. The van der Waals surface area contributed by atoms with Crippen LogP contribution in [0.2, 0.25) is 0 Å². The number of aliphatic carboxylic acids is 1. The Morgan fingerprint density at radius 2 is 2.26 bits per heavy atom. The predicted octanol–water partition coefficient (Wildman–Crippen LogP) is 2.61. The SMILES string of the molecule is CC1CCN(CC(C)c2nc(CC(=O)O)cs2)CC1. The Kier molecular flexibility index (Phi) is 4.93. The number of likely N-dealkylation sites (tertiary alicyclic amines) is 1. The standard InChI is InChI=1S/C14H22N2O2S/c1-10-3-5-16(6-4-10)8-11(2)14-15-12(9-19-14)7-13(17)18/h9-11H,3-8H2,1-2H3,(H,17,18). The maximum atomic E-state index is 10.7. The van der Waals surface area contributed by atoms with Gasteiger partial charge in [0.1, 0.15) is 0 Å². The quantitative estimate of drug-likeness (QED) is 0.902. The molecule has 1 aromatic heterocycles. The lowest BCUT2D eigenvalue weighted by atomic mass is 9.98. The highest BCUT2D eigenvalue weighted by molar-refractivity contribution is 7.09. The molecule has 5 heteroatoms. The monoisotopic (exact) mass is 282 g/mol. The van der Waals surface area contributed by atoms with Gasteiger partial charge in [-0.15, -0.1) is 11.3 Å². The highest BCUT2D eigenvalue weighted by Gasteiger charge is 2.20. The zero-order valence-corrected chi connectivity index (χ0v) is 12.4. The van der Waals surface area contributed by atoms with Gasteiger partial charge in [-0.1, -0.05) is 13.8 Å². The first-order valence-electron chi connectivity index (χ1n) is 6.93. The summed E-state index contributed by atoms with van der Waals surface area (Å²) in [5, 5.41) is 11.7. The third kappa shape index (κ3) is 4.28. The highest BCUT2D eigenvalue weighted by Crippen LogP contribution is 2.24. The van der Waals surface area contributed by atoms with Crippen molar-refractivity contribution in [1.29, 1.82) is 0 Å². The van der Waals surface area contributed by atoms with Crippen LogP contribution in [-0.4, -0.2) is 40.6 Å². The summed E-state index contributed by atoms with van der Waals surface area (Å²) in [4.78, 5) is 17.6. The lowest BCUT2D eigenvalue weighted by Gasteiger charge is -2.31. The van der Waals surface area contributed by atoms with Gasteiger partial charge in [-0.3, -0.25) is 4.79 Å². The van der Waals surface area contributed by atoms with E-state index in [-0.39, 0.29) is 6.42 Å². The van der Waals surface area contributed by atoms with Crippen LogP contribution in [0.1, 0.15) is 43.3 Å². The Labute approximate surface area is 118 Å². The first-order chi connectivity index (χ1) is 9.04. The number of piperidine rings is 1. The summed E-state index contributed by atoms with van der Waals surface area (Å²) in [6.45, 7) is 7.89. The molecule has 1 aliphatic rings. The maximum Gasteiger partial charge on any atom is 0.309 e. The van der Waals surface area contributed by atoms with Crippen molar-refractivity contribution in [2.45, 2.75) is 39.0 Å². The van der Waals surface area contributed by atoms with Gasteiger partial charge >= 0.3 is 5.97 Å². The normalized spacial score (nSPS) is 19.5. The van der Waals surface area contributed by atoms with E-state index < -0.39 is 5.97 Å². The van der Waals surface area contributed by atoms with Crippen LogP contribution in [0, 0.1) is 5.92 Å². The summed E-state index contributed by atoms with van der Waals surface area (Å²) in [5.41, 5.74) is 0.687. The first kappa shape index (κ1) is 14.5. The van der Waals surface area contributed by atoms with E-state index in [9.17, 15) is 4.79 Å². The number of carbonyl (C=O) groups is 1. The molecule has 2 rings (SSSR count). The summed E-state index contributed by atoms with van der Waals surface area (Å²) < 4.78 is 0. The Bertz CT molecular complexity index is 425. The lowest BCUT2D eigenvalue weighted by molar-refractivity contribution is -0.136. The van der Waals surface area contributed by atoms with Gasteiger partial charge in [-0.05, 0) is 31.8 Å². The smallest absolute Gasteiger partial charge is 0.309 e. The van der Waals surface area contributed by atoms with Crippen LogP contribution in [0.3, 0.4) is 0 Å². The van der Waals surface area contributed by atoms with Crippen LogP contribution in [0.15, 0.2) is 5.38 Å². The van der Waals surface area contributed by atoms with Gasteiger partial charge in [0.25, 0.3) is 0 Å². The maximum absolute atomic E-state index is 10.7. The molecule has 0 radical (unpaired) electrons. The van der Waals surface area contributed by atoms with Crippen LogP contribution in [0.4, 0.5) is 0 Å². The van der Waals surface area contributed by atoms with Gasteiger partial charge in [0.15, 0.2) is 0 Å². The van der Waals surface area contributed by atoms with Crippen molar-refractivity contribution in [1.82, 2.24) is 9.88 Å². The van der Waals surface area contributed by atoms with E-state index in [2.05, 4.69) is 23.7 Å². The van der Waals surface area contributed by atoms with Gasteiger partial charge < -0.3 is 10.0 Å². The van der Waals surface area contributed by atoms with Gasteiger partial charge in [-0.25, -0.2) is 4.98 Å². The van der Waals surface area contributed by atoms with E-state index in [1.807, 2.05) is 5.38 Å². The number of thiazole rings is 1. The zero-order chi connectivity index (χ0) is 13.8. The van der Waals surface area contributed by atoms with Crippen molar-refractivity contribution < 1.29 is 9.90 Å². The number of carboxylic acid groups (broad SMARTS) is 1. The van der Waals surface area contributed by atoms with E-state index in [1.165, 1.54) is 25.9 Å².